The van der Waals surface area contributed by atoms with Crippen LogP contribution in [0.1, 0.15) is 19.7 Å². The Bertz CT molecular complexity index is 319. The number of hydrogen-bond acceptors (Lipinski definition) is 5. The van der Waals surface area contributed by atoms with E-state index in [1.807, 2.05) is 0 Å². The van der Waals surface area contributed by atoms with Gasteiger partial charge in [0.05, 0.1) is 0 Å². The van der Waals surface area contributed by atoms with Crippen molar-refractivity contribution in [3.05, 3.63) is 5.82 Å². The third-order valence-corrected chi connectivity index (χ3v) is 1.42. The molecule has 0 aliphatic rings. The lowest BCUT2D eigenvalue weighted by atomic mass is 10.1. The van der Waals surface area contributed by atoms with Gasteiger partial charge in [0.15, 0.2) is 5.82 Å². The average molecular weight is 186 g/mol. The van der Waals surface area contributed by atoms with Crippen molar-refractivity contribution in [1.29, 1.82) is 0 Å². The molecule has 0 aliphatic carbocycles. The van der Waals surface area contributed by atoms with E-state index < -0.39 is 11.6 Å². The Morgan fingerprint density at radius 2 is 2.31 bits per heavy atom. The van der Waals surface area contributed by atoms with E-state index in [1.54, 1.807) is 13.8 Å². The topological polar surface area (TPSA) is 114 Å². The average Bonchev–Trinajstić information content (AvgIpc) is 2.32. The van der Waals surface area contributed by atoms with Crippen LogP contribution in [0.15, 0.2) is 4.52 Å². The number of amides is 1. The first-order chi connectivity index (χ1) is 5.92. The highest BCUT2D eigenvalue weighted by Gasteiger charge is 2.28. The second-order valence-corrected chi connectivity index (χ2v) is 3.01. The minimum atomic E-state index is -1.16. The summed E-state index contributed by atoms with van der Waals surface area (Å²) in [6.07, 6.45) is -1.16. The summed E-state index contributed by atoms with van der Waals surface area (Å²) in [5, 5.41) is 14.2. The van der Waals surface area contributed by atoms with E-state index in [4.69, 9.17) is 10.8 Å². The molecule has 4 N–H and O–H groups in total. The summed E-state index contributed by atoms with van der Waals surface area (Å²) in [4.78, 5) is 14.1. The van der Waals surface area contributed by atoms with E-state index in [9.17, 15) is 4.79 Å². The summed E-state index contributed by atoms with van der Waals surface area (Å²) in [5.41, 5.74) is 4.28. The summed E-state index contributed by atoms with van der Waals surface area (Å²) >= 11 is 0. The van der Waals surface area contributed by atoms with Crippen LogP contribution in [-0.4, -0.2) is 21.3 Å². The van der Waals surface area contributed by atoms with Crippen LogP contribution >= 0.6 is 0 Å². The standard InChI is InChI=1S/C6H10N4O3/c1-6(2,9-5(11)12)3-8-4(7)13-10-3/h9H,1-2H3,(H,11,12)(H2,7,8,10). The fourth-order valence-electron chi connectivity index (χ4n) is 0.812. The zero-order valence-electron chi connectivity index (χ0n) is 7.24. The Morgan fingerprint density at radius 1 is 1.69 bits per heavy atom. The first kappa shape index (κ1) is 9.30. The maximum absolute atomic E-state index is 10.4. The number of carbonyl (C=O) groups is 1. The molecular weight excluding hydrogens is 176 g/mol. The van der Waals surface area contributed by atoms with Crippen molar-refractivity contribution in [1.82, 2.24) is 15.5 Å². The quantitative estimate of drug-likeness (QED) is 0.605. The second-order valence-electron chi connectivity index (χ2n) is 3.01. The molecule has 0 aliphatic heterocycles. The monoisotopic (exact) mass is 186 g/mol. The highest BCUT2D eigenvalue weighted by atomic mass is 16.5. The normalized spacial score (nSPS) is 11.2. The summed E-state index contributed by atoms with van der Waals surface area (Å²) in [6, 6.07) is -0.0877. The van der Waals surface area contributed by atoms with Crippen LogP contribution in [0.5, 0.6) is 0 Å². The molecule has 72 valence electrons. The van der Waals surface area contributed by atoms with Gasteiger partial charge in [0, 0.05) is 0 Å². The molecular formula is C6H10N4O3. The lowest BCUT2D eigenvalue weighted by Crippen LogP contribution is -2.40. The van der Waals surface area contributed by atoms with Crippen molar-refractivity contribution in [3.63, 3.8) is 0 Å². The molecule has 0 aromatic carbocycles. The molecule has 1 aromatic heterocycles. The van der Waals surface area contributed by atoms with Crippen molar-refractivity contribution in [2.75, 3.05) is 5.73 Å². The molecule has 0 spiro atoms. The van der Waals surface area contributed by atoms with Crippen LogP contribution in [0.3, 0.4) is 0 Å². The molecule has 0 unspecified atom stereocenters. The van der Waals surface area contributed by atoms with Gasteiger partial charge in [-0.1, -0.05) is 5.16 Å². The summed E-state index contributed by atoms with van der Waals surface area (Å²) in [6.45, 7) is 3.21. The van der Waals surface area contributed by atoms with Crippen molar-refractivity contribution in [2.24, 2.45) is 0 Å². The third kappa shape index (κ3) is 2.08. The Morgan fingerprint density at radius 3 is 2.69 bits per heavy atom. The van der Waals surface area contributed by atoms with Crippen molar-refractivity contribution in [2.45, 2.75) is 19.4 Å². The van der Waals surface area contributed by atoms with E-state index in [-0.39, 0.29) is 11.8 Å². The first-order valence-electron chi connectivity index (χ1n) is 3.52. The Kier molecular flexibility index (Phi) is 2.09. The summed E-state index contributed by atoms with van der Waals surface area (Å²) < 4.78 is 4.52. The lowest BCUT2D eigenvalue weighted by molar-refractivity contribution is 0.180. The van der Waals surface area contributed by atoms with Gasteiger partial charge in [0.1, 0.15) is 5.54 Å². The minimum Gasteiger partial charge on any atom is -0.465 e. The lowest BCUT2D eigenvalue weighted by Gasteiger charge is -2.19. The molecule has 1 rings (SSSR count). The van der Waals surface area contributed by atoms with E-state index in [0.29, 0.717) is 0 Å². The number of nitrogens with zero attached hydrogens (tertiary/aromatic N) is 2. The second kappa shape index (κ2) is 2.92. The molecule has 0 bridgehead atoms. The number of carboxylic acid groups (broad SMARTS) is 1. The fraction of sp³-hybridized carbons (Fsp3) is 0.500. The Balaban J connectivity index is 2.86. The molecule has 0 atom stereocenters. The predicted molar refractivity (Wildman–Crippen MR) is 42.9 cm³/mol. The third-order valence-electron chi connectivity index (χ3n) is 1.42. The van der Waals surface area contributed by atoms with Gasteiger partial charge in [-0.05, 0) is 13.8 Å². The molecule has 0 saturated carbocycles. The van der Waals surface area contributed by atoms with Crippen LogP contribution in [-0.2, 0) is 5.54 Å². The molecule has 0 radical (unpaired) electrons. The van der Waals surface area contributed by atoms with E-state index in [0.717, 1.165) is 0 Å². The van der Waals surface area contributed by atoms with Crippen molar-refractivity contribution < 1.29 is 14.4 Å². The van der Waals surface area contributed by atoms with Gasteiger partial charge in [-0.3, -0.25) is 0 Å². The van der Waals surface area contributed by atoms with Crippen LogP contribution < -0.4 is 11.1 Å². The summed E-state index contributed by atoms with van der Waals surface area (Å²) in [7, 11) is 0. The number of nitrogens with one attached hydrogen (secondary N) is 1. The number of anilines is 1. The van der Waals surface area contributed by atoms with Gasteiger partial charge >= 0.3 is 12.1 Å². The molecule has 0 fully saturated rings. The molecule has 13 heavy (non-hydrogen) atoms. The Labute approximate surface area is 73.9 Å². The van der Waals surface area contributed by atoms with Gasteiger partial charge in [-0.2, -0.15) is 4.98 Å². The molecule has 0 saturated heterocycles. The number of aromatic nitrogens is 2. The molecule has 1 amide bonds. The SMILES string of the molecule is CC(C)(NC(=O)O)c1noc(N)n1. The minimum absolute atomic E-state index is 0.0877. The maximum atomic E-state index is 10.4. The smallest absolute Gasteiger partial charge is 0.405 e. The number of rotatable bonds is 2. The van der Waals surface area contributed by atoms with Gasteiger partial charge < -0.3 is 20.7 Å². The van der Waals surface area contributed by atoms with Gasteiger partial charge in [0.25, 0.3) is 0 Å². The zero-order chi connectivity index (χ0) is 10.1. The van der Waals surface area contributed by atoms with E-state index >= 15 is 0 Å². The van der Waals surface area contributed by atoms with Crippen LogP contribution in [0.2, 0.25) is 0 Å². The number of nitrogen functional groups attached to an aromatic ring is 1. The number of hydrogen-bond donors (Lipinski definition) is 3. The Hall–Kier alpha value is -1.79. The van der Waals surface area contributed by atoms with Crippen LogP contribution in [0, 0.1) is 0 Å². The molecule has 7 nitrogen and oxygen atoms in total. The van der Waals surface area contributed by atoms with Crippen LogP contribution in [0.4, 0.5) is 10.8 Å². The highest BCUT2D eigenvalue weighted by Crippen LogP contribution is 2.16. The molecule has 7 heteroatoms. The molecule has 1 heterocycles. The van der Waals surface area contributed by atoms with Crippen LogP contribution in [0.25, 0.3) is 0 Å². The predicted octanol–water partition coefficient (Wildman–Crippen LogP) is 0.154. The van der Waals surface area contributed by atoms with Crippen molar-refractivity contribution in [3.8, 4) is 0 Å². The van der Waals surface area contributed by atoms with Gasteiger partial charge in [-0.25, -0.2) is 4.79 Å². The van der Waals surface area contributed by atoms with E-state index in [2.05, 4.69) is 20.0 Å². The highest BCUT2D eigenvalue weighted by molar-refractivity contribution is 5.65. The van der Waals surface area contributed by atoms with Gasteiger partial charge in [0.2, 0.25) is 0 Å². The zero-order valence-corrected chi connectivity index (χ0v) is 7.24. The largest absolute Gasteiger partial charge is 0.465 e. The first-order valence-corrected chi connectivity index (χ1v) is 3.52. The fourth-order valence-corrected chi connectivity index (χ4v) is 0.812. The van der Waals surface area contributed by atoms with Gasteiger partial charge in [-0.15, -0.1) is 0 Å². The summed E-state index contributed by atoms with van der Waals surface area (Å²) in [5.74, 6) is 0.201. The maximum Gasteiger partial charge on any atom is 0.405 e. The van der Waals surface area contributed by atoms with E-state index in [1.165, 1.54) is 0 Å². The molecule has 1 aromatic rings. The van der Waals surface area contributed by atoms with Crippen molar-refractivity contribution >= 4 is 12.1 Å². The number of nitrogens with two attached hydrogens (primary N) is 1.